The van der Waals surface area contributed by atoms with Gasteiger partial charge in [-0.25, -0.2) is 0 Å². The summed E-state index contributed by atoms with van der Waals surface area (Å²) in [4.78, 5) is 0. The molecule has 0 aliphatic heterocycles. The van der Waals surface area contributed by atoms with Crippen molar-refractivity contribution >= 4 is 0 Å². The molecule has 3 fully saturated rings. The molecular formula is C28H44O. The van der Waals surface area contributed by atoms with Crippen LogP contribution in [-0.4, -0.2) is 11.2 Å². The van der Waals surface area contributed by atoms with Gasteiger partial charge in [0, 0.05) is 12.3 Å². The van der Waals surface area contributed by atoms with Gasteiger partial charge in [-0.2, -0.15) is 0 Å². The molecule has 0 heterocycles. The molecule has 162 valence electrons. The highest BCUT2D eigenvalue weighted by atomic mass is 16.3. The maximum Gasteiger partial charge on any atom is 0.0583 e. The molecule has 0 aromatic heterocycles. The molecule has 29 heavy (non-hydrogen) atoms. The van der Waals surface area contributed by atoms with E-state index in [-0.39, 0.29) is 23.4 Å². The predicted octanol–water partition coefficient (Wildman–Crippen LogP) is 7.64. The standard InChI is InChI=1S/C28H44O/c1-19(2)20(3)9-10-22(5)26-15-16-27-23(8-7-17-28(26,27)6)12-13-24-18-25(29)14-11-21(24)4/h9-10,12-13,19-20,22,25-27,29H,4,7-8,11,14-18H2,1-3,5-6H3/b10-9+,23-12-,24-13+/t20-,22?,25-,26?,27-,28+/m0/s1/i1D3,2D3,3D3. The molecule has 6 atom stereocenters. The summed E-state index contributed by atoms with van der Waals surface area (Å²) < 4.78 is 70.5. The Hall–Kier alpha value is -1.08. The lowest BCUT2D eigenvalue weighted by Crippen LogP contribution is -2.35. The highest BCUT2D eigenvalue weighted by Crippen LogP contribution is 2.59. The van der Waals surface area contributed by atoms with E-state index in [0.717, 1.165) is 56.1 Å². The minimum atomic E-state index is -2.92. The van der Waals surface area contributed by atoms with Crippen molar-refractivity contribution in [3.8, 4) is 0 Å². The number of aliphatic hydroxyl groups is 1. The van der Waals surface area contributed by atoms with E-state index in [1.165, 1.54) is 11.6 Å². The Balaban J connectivity index is 1.84. The topological polar surface area (TPSA) is 20.2 Å². The molecule has 3 aliphatic rings. The molecule has 0 spiro atoms. The zero-order chi connectivity index (χ0) is 28.7. The van der Waals surface area contributed by atoms with Crippen LogP contribution in [0.4, 0.5) is 0 Å². The van der Waals surface area contributed by atoms with E-state index in [2.05, 4.69) is 25.7 Å². The number of aliphatic hydroxyl groups excluding tert-OH is 1. The molecule has 0 aromatic rings. The first kappa shape index (κ1) is 13.4. The van der Waals surface area contributed by atoms with Crippen molar-refractivity contribution in [3.05, 3.63) is 47.6 Å². The highest BCUT2D eigenvalue weighted by Gasteiger charge is 2.50. The number of hydrogen-bond donors (Lipinski definition) is 1. The molecule has 0 amide bonds. The number of rotatable bonds is 5. The van der Waals surface area contributed by atoms with Crippen molar-refractivity contribution in [1.29, 1.82) is 0 Å². The SMILES string of the molecule is [2H]C([2H])([2H])C([C@H](/C=C/C(C)C1CC[C@H]2/C(=C\C=C3/C[C@@H](O)CCC3=C)CCC[C@]12C)C([2H])([2H])[2H])C([2H])([2H])[2H]. The first-order valence-corrected chi connectivity index (χ1v) is 11.3. The first-order chi connectivity index (χ1) is 17.4. The molecule has 1 N–H and O–H groups in total. The fraction of sp³-hybridized carbons (Fsp3) is 0.714. The Morgan fingerprint density at radius 1 is 1.14 bits per heavy atom. The van der Waals surface area contributed by atoms with Crippen LogP contribution in [0.25, 0.3) is 0 Å². The van der Waals surface area contributed by atoms with Gasteiger partial charge in [0.25, 0.3) is 0 Å². The molecule has 0 saturated heterocycles. The van der Waals surface area contributed by atoms with E-state index in [1.807, 2.05) is 6.92 Å². The van der Waals surface area contributed by atoms with Gasteiger partial charge < -0.3 is 5.11 Å². The molecule has 0 bridgehead atoms. The Morgan fingerprint density at radius 2 is 1.97 bits per heavy atom. The number of fused-ring (bicyclic) bond motifs is 1. The number of allylic oxidation sites excluding steroid dienone is 6. The van der Waals surface area contributed by atoms with Crippen LogP contribution in [0, 0.1) is 35.0 Å². The molecule has 3 saturated carbocycles. The van der Waals surface area contributed by atoms with Crippen molar-refractivity contribution < 1.29 is 17.4 Å². The van der Waals surface area contributed by atoms with Gasteiger partial charge in [0.1, 0.15) is 0 Å². The van der Waals surface area contributed by atoms with Gasteiger partial charge in [-0.3, -0.25) is 0 Å². The molecular weight excluding hydrogens is 352 g/mol. The van der Waals surface area contributed by atoms with Crippen LogP contribution in [0.1, 0.15) is 98.1 Å². The van der Waals surface area contributed by atoms with E-state index in [1.54, 1.807) is 6.08 Å². The van der Waals surface area contributed by atoms with Crippen LogP contribution >= 0.6 is 0 Å². The summed E-state index contributed by atoms with van der Waals surface area (Å²) in [5, 5.41) is 10.1. The molecule has 0 radical (unpaired) electrons. The van der Waals surface area contributed by atoms with Crippen LogP contribution in [-0.2, 0) is 0 Å². The second-order valence-corrected chi connectivity index (χ2v) is 9.78. The minimum absolute atomic E-state index is 0.0188. The van der Waals surface area contributed by atoms with Crippen LogP contribution in [0.15, 0.2) is 47.6 Å². The fourth-order valence-corrected chi connectivity index (χ4v) is 6.08. The molecule has 2 unspecified atom stereocenters. The van der Waals surface area contributed by atoms with Gasteiger partial charge in [0.05, 0.1) is 6.10 Å². The summed E-state index contributed by atoms with van der Waals surface area (Å²) in [7, 11) is 0. The quantitative estimate of drug-likeness (QED) is 0.466. The summed E-state index contributed by atoms with van der Waals surface area (Å²) in [5.74, 6) is -2.87. The zero-order valence-corrected chi connectivity index (χ0v) is 18.1. The largest absolute Gasteiger partial charge is 0.393 e. The highest BCUT2D eigenvalue weighted by molar-refractivity contribution is 5.36. The zero-order valence-electron chi connectivity index (χ0n) is 27.1. The van der Waals surface area contributed by atoms with Crippen molar-refractivity contribution in [1.82, 2.24) is 0 Å². The summed E-state index contributed by atoms with van der Waals surface area (Å²) in [6.07, 6.45) is 14.6. The van der Waals surface area contributed by atoms with Crippen molar-refractivity contribution in [2.75, 3.05) is 0 Å². The molecule has 3 aliphatic carbocycles. The monoisotopic (exact) mass is 405 g/mol. The average molecular weight is 406 g/mol. The minimum Gasteiger partial charge on any atom is -0.393 e. The van der Waals surface area contributed by atoms with Gasteiger partial charge in [0.15, 0.2) is 0 Å². The third-order valence-electron chi connectivity index (χ3n) is 7.84. The van der Waals surface area contributed by atoms with Gasteiger partial charge in [-0.05, 0) is 91.9 Å². The molecule has 3 rings (SSSR count). The number of hydrogen-bond acceptors (Lipinski definition) is 1. The average Bonchev–Trinajstić information content (AvgIpc) is 3.12. The summed E-state index contributed by atoms with van der Waals surface area (Å²) in [6, 6.07) is 0. The fourth-order valence-electron chi connectivity index (χ4n) is 6.08. The lowest BCUT2D eigenvalue weighted by Gasteiger charge is -2.44. The molecule has 1 heteroatoms. The Morgan fingerprint density at radius 3 is 2.72 bits per heavy atom. The smallest absolute Gasteiger partial charge is 0.0583 e. The van der Waals surface area contributed by atoms with Crippen LogP contribution < -0.4 is 0 Å². The Labute approximate surface area is 192 Å². The Kier molecular flexibility index (Phi) is 4.32. The van der Waals surface area contributed by atoms with Gasteiger partial charge in [0.2, 0.25) is 0 Å². The van der Waals surface area contributed by atoms with Crippen molar-refractivity contribution in [2.24, 2.45) is 35.0 Å². The third-order valence-corrected chi connectivity index (χ3v) is 7.84. The summed E-state index contributed by atoms with van der Waals surface area (Å²) in [5.41, 5.74) is 3.68. The normalized spacial score (nSPS) is 44.1. The van der Waals surface area contributed by atoms with E-state index < -0.39 is 32.4 Å². The lowest BCUT2D eigenvalue weighted by atomic mass is 9.61. The second-order valence-electron chi connectivity index (χ2n) is 9.78. The van der Waals surface area contributed by atoms with Crippen molar-refractivity contribution in [3.63, 3.8) is 0 Å². The van der Waals surface area contributed by atoms with E-state index in [9.17, 15) is 5.11 Å². The second kappa shape index (κ2) is 9.38. The van der Waals surface area contributed by atoms with Gasteiger partial charge in [-0.1, -0.05) is 76.4 Å². The summed E-state index contributed by atoms with van der Waals surface area (Å²) >= 11 is 0. The van der Waals surface area contributed by atoms with E-state index >= 15 is 0 Å². The summed E-state index contributed by atoms with van der Waals surface area (Å²) in [6.45, 7) is -0.0391. The van der Waals surface area contributed by atoms with Gasteiger partial charge >= 0.3 is 0 Å². The van der Waals surface area contributed by atoms with E-state index in [4.69, 9.17) is 12.3 Å². The first-order valence-electron chi connectivity index (χ1n) is 15.8. The van der Waals surface area contributed by atoms with Crippen LogP contribution in [0.5, 0.6) is 0 Å². The van der Waals surface area contributed by atoms with Crippen LogP contribution in [0.3, 0.4) is 0 Å². The predicted molar refractivity (Wildman–Crippen MR) is 126 cm³/mol. The van der Waals surface area contributed by atoms with Gasteiger partial charge in [-0.15, -0.1) is 0 Å². The maximum absolute atomic E-state index is 10.1. The third kappa shape index (κ3) is 4.98. The Bertz CT molecular complexity index is 939. The van der Waals surface area contributed by atoms with Crippen LogP contribution in [0.2, 0.25) is 0 Å². The lowest BCUT2D eigenvalue weighted by molar-refractivity contribution is 0.112. The molecule has 0 aromatic carbocycles. The van der Waals surface area contributed by atoms with E-state index in [0.29, 0.717) is 12.3 Å². The van der Waals surface area contributed by atoms with Crippen molar-refractivity contribution in [2.45, 2.75) is 91.9 Å². The molecule has 1 nitrogen and oxygen atoms in total. The maximum atomic E-state index is 10.1.